The van der Waals surface area contributed by atoms with Gasteiger partial charge in [0, 0.05) is 11.6 Å². The molecular weight excluding hydrogens is 230 g/mol. The van der Waals surface area contributed by atoms with Crippen molar-refractivity contribution in [3.8, 4) is 6.07 Å². The maximum atomic E-state index is 9.01. The van der Waals surface area contributed by atoms with E-state index < -0.39 is 0 Å². The molecule has 1 heteroatoms. The molecule has 0 spiro atoms. The molecule has 0 atom stereocenters. The molecule has 0 N–H and O–H groups in total. The average Bonchev–Trinajstić information content (AvgIpc) is 2.79. The molecule has 0 radical (unpaired) electrons. The lowest BCUT2D eigenvalue weighted by atomic mass is 9.97. The summed E-state index contributed by atoms with van der Waals surface area (Å²) in [7, 11) is 0. The summed E-state index contributed by atoms with van der Waals surface area (Å²) in [5.41, 5.74) is 6.86. The fourth-order valence-corrected chi connectivity index (χ4v) is 2.44. The summed E-state index contributed by atoms with van der Waals surface area (Å²) in [5.74, 6) is 0. The maximum Gasteiger partial charge on any atom is 0.0918 e. The molecule has 0 aromatic heterocycles. The van der Waals surface area contributed by atoms with Gasteiger partial charge in [-0.15, -0.1) is 0 Å². The minimum absolute atomic E-state index is 1.02. The first-order valence-electron chi connectivity index (χ1n) is 6.28. The molecule has 0 saturated heterocycles. The Kier molecular flexibility index (Phi) is 2.78. The summed E-state index contributed by atoms with van der Waals surface area (Å²) in [6.07, 6.45) is 3.79. The third-order valence-electron chi connectivity index (χ3n) is 3.41. The number of hydrogen-bond donors (Lipinski definition) is 0. The van der Waals surface area contributed by atoms with E-state index in [2.05, 4.69) is 55.5 Å². The molecule has 0 unspecified atom stereocenters. The van der Waals surface area contributed by atoms with Gasteiger partial charge in [-0.1, -0.05) is 54.1 Å². The van der Waals surface area contributed by atoms with Crippen LogP contribution in [-0.2, 0) is 0 Å². The Morgan fingerprint density at radius 3 is 2.47 bits per heavy atom. The number of fused-ring (bicyclic) bond motifs is 1. The molecule has 0 aliphatic heterocycles. The number of allylic oxidation sites excluding steroid dienone is 3. The molecule has 3 rings (SSSR count). The highest BCUT2D eigenvalue weighted by molar-refractivity contribution is 6.17. The van der Waals surface area contributed by atoms with Gasteiger partial charge in [-0.05, 0) is 35.3 Å². The van der Waals surface area contributed by atoms with Crippen molar-refractivity contribution in [3.63, 3.8) is 0 Å². The Bertz CT molecular complexity index is 725. The molecule has 2 aromatic carbocycles. The number of nitrogens with zero attached hydrogens (tertiary/aromatic N) is 1. The largest absolute Gasteiger partial charge is 0.193 e. The van der Waals surface area contributed by atoms with Crippen LogP contribution in [0.5, 0.6) is 0 Å². The van der Waals surface area contributed by atoms with Gasteiger partial charge in [0.2, 0.25) is 0 Å². The van der Waals surface area contributed by atoms with E-state index in [4.69, 9.17) is 5.26 Å². The fraction of sp³-hybridized carbons (Fsp3) is 0.0556. The molecule has 0 amide bonds. The van der Waals surface area contributed by atoms with Crippen molar-refractivity contribution in [2.24, 2.45) is 0 Å². The normalized spacial score (nSPS) is 14.9. The van der Waals surface area contributed by atoms with Crippen LogP contribution < -0.4 is 0 Å². The molecular formula is C18H13N. The highest BCUT2D eigenvalue weighted by atomic mass is 14.3. The van der Waals surface area contributed by atoms with Crippen molar-refractivity contribution >= 4 is 17.2 Å². The van der Waals surface area contributed by atoms with E-state index in [1.807, 2.05) is 12.1 Å². The second kappa shape index (κ2) is 4.59. The Hall–Kier alpha value is -2.59. The van der Waals surface area contributed by atoms with Crippen LogP contribution in [-0.4, -0.2) is 0 Å². The maximum absolute atomic E-state index is 9.01. The first-order chi connectivity index (χ1) is 9.29. The summed E-state index contributed by atoms with van der Waals surface area (Å²) in [5, 5.41) is 9.01. The number of hydrogen-bond acceptors (Lipinski definition) is 1. The van der Waals surface area contributed by atoms with Gasteiger partial charge in [0.1, 0.15) is 0 Å². The zero-order chi connectivity index (χ0) is 13.2. The Labute approximate surface area is 113 Å². The Morgan fingerprint density at radius 1 is 1.00 bits per heavy atom. The van der Waals surface area contributed by atoms with Crippen molar-refractivity contribution < 1.29 is 0 Å². The Balaban J connectivity index is 2.15. The van der Waals surface area contributed by atoms with E-state index in [9.17, 15) is 0 Å². The van der Waals surface area contributed by atoms with Crippen LogP contribution in [0.2, 0.25) is 0 Å². The van der Waals surface area contributed by atoms with Crippen molar-refractivity contribution in [2.45, 2.75) is 6.92 Å². The second-order valence-corrected chi connectivity index (χ2v) is 4.70. The smallest absolute Gasteiger partial charge is 0.0918 e. The van der Waals surface area contributed by atoms with Gasteiger partial charge >= 0.3 is 0 Å². The van der Waals surface area contributed by atoms with E-state index in [0.29, 0.717) is 0 Å². The Morgan fingerprint density at radius 2 is 1.74 bits per heavy atom. The van der Waals surface area contributed by atoms with Gasteiger partial charge in [0.15, 0.2) is 0 Å². The van der Waals surface area contributed by atoms with E-state index in [0.717, 1.165) is 22.3 Å². The summed E-state index contributed by atoms with van der Waals surface area (Å²) in [6.45, 7) is 2.08. The first kappa shape index (κ1) is 11.5. The lowest BCUT2D eigenvalue weighted by molar-refractivity contribution is 1.46. The average molecular weight is 243 g/mol. The number of rotatable bonds is 1. The topological polar surface area (TPSA) is 23.8 Å². The molecule has 1 aliphatic rings. The van der Waals surface area contributed by atoms with Crippen LogP contribution >= 0.6 is 0 Å². The minimum atomic E-state index is 1.02. The van der Waals surface area contributed by atoms with E-state index in [1.54, 1.807) is 6.08 Å². The summed E-state index contributed by atoms with van der Waals surface area (Å²) < 4.78 is 0. The molecule has 90 valence electrons. The number of benzene rings is 2. The third-order valence-corrected chi connectivity index (χ3v) is 3.41. The van der Waals surface area contributed by atoms with Crippen molar-refractivity contribution in [3.05, 3.63) is 76.9 Å². The van der Waals surface area contributed by atoms with E-state index in [1.165, 1.54) is 11.1 Å². The number of aryl methyl sites for hydroxylation is 1. The van der Waals surface area contributed by atoms with Crippen LogP contribution in [0, 0.1) is 18.3 Å². The molecule has 0 fully saturated rings. The monoisotopic (exact) mass is 243 g/mol. The second-order valence-electron chi connectivity index (χ2n) is 4.70. The predicted molar refractivity (Wildman–Crippen MR) is 79.1 cm³/mol. The van der Waals surface area contributed by atoms with Crippen LogP contribution in [0.25, 0.3) is 17.2 Å². The molecule has 1 nitrogen and oxygen atoms in total. The molecule has 0 saturated carbocycles. The molecule has 0 bridgehead atoms. The third kappa shape index (κ3) is 1.98. The SMILES string of the molecule is Cc1ccc(C2=Cc3ccccc3/C2=C\C#N)cc1. The van der Waals surface area contributed by atoms with Gasteiger partial charge < -0.3 is 0 Å². The van der Waals surface area contributed by atoms with Gasteiger partial charge in [-0.25, -0.2) is 0 Å². The van der Waals surface area contributed by atoms with Gasteiger partial charge in [-0.2, -0.15) is 5.26 Å². The van der Waals surface area contributed by atoms with E-state index in [-0.39, 0.29) is 0 Å². The van der Waals surface area contributed by atoms with Gasteiger partial charge in [0.25, 0.3) is 0 Å². The zero-order valence-electron chi connectivity index (χ0n) is 10.7. The van der Waals surface area contributed by atoms with E-state index >= 15 is 0 Å². The van der Waals surface area contributed by atoms with Crippen LogP contribution in [0.15, 0.2) is 54.6 Å². The molecule has 19 heavy (non-hydrogen) atoms. The molecule has 2 aromatic rings. The quantitative estimate of drug-likeness (QED) is 0.678. The highest BCUT2D eigenvalue weighted by Gasteiger charge is 2.19. The summed E-state index contributed by atoms with van der Waals surface area (Å²) in [4.78, 5) is 0. The first-order valence-corrected chi connectivity index (χ1v) is 6.28. The van der Waals surface area contributed by atoms with Crippen LogP contribution in [0.1, 0.15) is 22.3 Å². The standard InChI is InChI=1S/C18H13N/c1-13-6-8-14(9-7-13)18-12-15-4-2-3-5-16(15)17(18)10-11-19/h2-10,12H,1H3/b17-10+. The predicted octanol–water partition coefficient (Wildman–Crippen LogP) is 4.46. The van der Waals surface area contributed by atoms with Gasteiger partial charge in [0.05, 0.1) is 6.07 Å². The van der Waals surface area contributed by atoms with Gasteiger partial charge in [-0.3, -0.25) is 0 Å². The molecule has 0 heterocycles. The van der Waals surface area contributed by atoms with Crippen LogP contribution in [0.4, 0.5) is 0 Å². The fourth-order valence-electron chi connectivity index (χ4n) is 2.44. The number of nitriles is 1. The lowest BCUT2D eigenvalue weighted by Crippen LogP contribution is -1.86. The summed E-state index contributed by atoms with van der Waals surface area (Å²) in [6, 6.07) is 18.8. The van der Waals surface area contributed by atoms with Crippen molar-refractivity contribution in [1.82, 2.24) is 0 Å². The highest BCUT2D eigenvalue weighted by Crippen LogP contribution is 2.40. The lowest BCUT2D eigenvalue weighted by Gasteiger charge is -2.06. The van der Waals surface area contributed by atoms with Crippen LogP contribution in [0.3, 0.4) is 0 Å². The summed E-state index contributed by atoms with van der Waals surface area (Å²) >= 11 is 0. The minimum Gasteiger partial charge on any atom is -0.193 e. The zero-order valence-corrected chi connectivity index (χ0v) is 10.7. The van der Waals surface area contributed by atoms with Crippen molar-refractivity contribution in [2.75, 3.05) is 0 Å². The molecule has 1 aliphatic carbocycles. The van der Waals surface area contributed by atoms with Crippen molar-refractivity contribution in [1.29, 1.82) is 5.26 Å².